The Bertz CT molecular complexity index is 493. The minimum absolute atomic E-state index is 0.263. The van der Waals surface area contributed by atoms with Crippen molar-refractivity contribution in [2.24, 2.45) is 5.84 Å². The standard InChI is InChI=1S/C8H7ClN4O/c9-4-1-2-5-6(3-4)12-13-7(5)8(14)11-10/h1-3H,10H2,(H,11,14)(H,12,13). The molecule has 1 heterocycles. The lowest BCUT2D eigenvalue weighted by atomic mass is 10.2. The summed E-state index contributed by atoms with van der Waals surface area (Å²) in [6.45, 7) is 0. The first kappa shape index (κ1) is 8.98. The van der Waals surface area contributed by atoms with Crippen LogP contribution in [0.4, 0.5) is 0 Å². The van der Waals surface area contributed by atoms with Gasteiger partial charge >= 0.3 is 0 Å². The molecular formula is C8H7ClN4O. The summed E-state index contributed by atoms with van der Waals surface area (Å²) in [7, 11) is 0. The number of nitrogens with two attached hydrogens (primary N) is 1. The molecule has 14 heavy (non-hydrogen) atoms. The van der Waals surface area contributed by atoms with Gasteiger partial charge in [-0.2, -0.15) is 5.10 Å². The monoisotopic (exact) mass is 210 g/mol. The van der Waals surface area contributed by atoms with E-state index < -0.39 is 5.91 Å². The molecule has 5 nitrogen and oxygen atoms in total. The normalized spacial score (nSPS) is 10.4. The van der Waals surface area contributed by atoms with E-state index in [1.807, 2.05) is 5.43 Å². The molecule has 0 aliphatic heterocycles. The Morgan fingerprint density at radius 1 is 1.57 bits per heavy atom. The number of nitrogens with one attached hydrogen (secondary N) is 2. The number of hydrogen-bond donors (Lipinski definition) is 3. The summed E-state index contributed by atoms with van der Waals surface area (Å²) in [5.41, 5.74) is 2.99. The minimum atomic E-state index is -0.432. The van der Waals surface area contributed by atoms with Crippen molar-refractivity contribution in [3.63, 3.8) is 0 Å². The molecule has 6 heteroatoms. The zero-order chi connectivity index (χ0) is 10.1. The van der Waals surface area contributed by atoms with Crippen molar-refractivity contribution in [1.29, 1.82) is 0 Å². The van der Waals surface area contributed by atoms with Gasteiger partial charge in [0.25, 0.3) is 5.91 Å². The van der Waals surface area contributed by atoms with Gasteiger partial charge < -0.3 is 0 Å². The first-order valence-corrected chi connectivity index (χ1v) is 4.24. The minimum Gasteiger partial charge on any atom is -0.289 e. The molecule has 0 saturated carbocycles. The highest BCUT2D eigenvalue weighted by molar-refractivity contribution is 6.31. The quantitative estimate of drug-likeness (QED) is 0.370. The number of aromatic amines is 1. The number of halogens is 1. The molecule has 2 rings (SSSR count). The largest absolute Gasteiger partial charge is 0.289 e. The Kier molecular flexibility index (Phi) is 2.11. The van der Waals surface area contributed by atoms with E-state index in [4.69, 9.17) is 17.4 Å². The van der Waals surface area contributed by atoms with Crippen LogP contribution in [-0.4, -0.2) is 16.1 Å². The molecule has 0 fully saturated rings. The fourth-order valence-corrected chi connectivity index (χ4v) is 1.41. The first-order chi connectivity index (χ1) is 6.72. The lowest BCUT2D eigenvalue weighted by Gasteiger charge is -1.94. The highest BCUT2D eigenvalue weighted by Crippen LogP contribution is 2.19. The van der Waals surface area contributed by atoms with Gasteiger partial charge in [0.15, 0.2) is 5.69 Å². The van der Waals surface area contributed by atoms with Crippen molar-refractivity contribution in [2.75, 3.05) is 0 Å². The van der Waals surface area contributed by atoms with Gasteiger partial charge in [-0.3, -0.25) is 15.3 Å². The highest BCUT2D eigenvalue weighted by atomic mass is 35.5. The van der Waals surface area contributed by atoms with Crippen LogP contribution in [0.25, 0.3) is 10.9 Å². The van der Waals surface area contributed by atoms with Crippen LogP contribution in [0.1, 0.15) is 10.5 Å². The number of benzene rings is 1. The molecule has 1 aromatic carbocycles. The number of rotatable bonds is 1. The highest BCUT2D eigenvalue weighted by Gasteiger charge is 2.12. The number of nitrogen functional groups attached to an aromatic ring is 1. The molecular weight excluding hydrogens is 204 g/mol. The Balaban J connectivity index is 2.64. The maximum Gasteiger partial charge on any atom is 0.286 e. The number of carbonyl (C=O) groups excluding carboxylic acids is 1. The van der Waals surface area contributed by atoms with Gasteiger partial charge in [-0.05, 0) is 18.2 Å². The number of amides is 1. The van der Waals surface area contributed by atoms with E-state index in [9.17, 15) is 4.79 Å². The first-order valence-electron chi connectivity index (χ1n) is 3.87. The van der Waals surface area contributed by atoms with Crippen molar-refractivity contribution >= 4 is 28.4 Å². The molecule has 0 aliphatic carbocycles. The molecule has 0 unspecified atom stereocenters. The summed E-state index contributed by atoms with van der Waals surface area (Å²) in [5, 5.41) is 7.80. The van der Waals surface area contributed by atoms with Gasteiger partial charge in [-0.15, -0.1) is 0 Å². The third-order valence-corrected chi connectivity index (χ3v) is 2.11. The number of hydrogen-bond acceptors (Lipinski definition) is 3. The second kappa shape index (κ2) is 3.28. The summed E-state index contributed by atoms with van der Waals surface area (Å²) in [5.74, 6) is 4.57. The van der Waals surface area contributed by atoms with Crippen LogP contribution in [-0.2, 0) is 0 Å². The van der Waals surface area contributed by atoms with E-state index in [1.54, 1.807) is 18.2 Å². The van der Waals surface area contributed by atoms with Gasteiger partial charge in [0.2, 0.25) is 0 Å². The number of fused-ring (bicyclic) bond motifs is 1. The van der Waals surface area contributed by atoms with Crippen LogP contribution in [0, 0.1) is 0 Å². The summed E-state index contributed by atoms with van der Waals surface area (Å²) < 4.78 is 0. The van der Waals surface area contributed by atoms with Crippen molar-refractivity contribution in [3.05, 3.63) is 28.9 Å². The van der Waals surface area contributed by atoms with Crippen molar-refractivity contribution in [3.8, 4) is 0 Å². The lowest BCUT2D eigenvalue weighted by Crippen LogP contribution is -2.30. The summed E-state index contributed by atoms with van der Waals surface area (Å²) in [6, 6.07) is 5.09. The van der Waals surface area contributed by atoms with Crippen molar-refractivity contribution < 1.29 is 4.79 Å². The lowest BCUT2D eigenvalue weighted by molar-refractivity contribution is 0.0950. The molecule has 4 N–H and O–H groups in total. The van der Waals surface area contributed by atoms with E-state index in [-0.39, 0.29) is 5.69 Å². The maximum atomic E-state index is 11.2. The zero-order valence-electron chi connectivity index (χ0n) is 7.04. The SMILES string of the molecule is NNC(=O)c1n[nH]c2cc(Cl)ccc12. The van der Waals surface area contributed by atoms with Gasteiger partial charge in [-0.1, -0.05) is 11.6 Å². The van der Waals surface area contributed by atoms with Gasteiger partial charge in [0.05, 0.1) is 5.52 Å². The number of aromatic nitrogens is 2. The topological polar surface area (TPSA) is 83.8 Å². The van der Waals surface area contributed by atoms with Crippen LogP contribution in [0.3, 0.4) is 0 Å². The third kappa shape index (κ3) is 1.32. The fourth-order valence-electron chi connectivity index (χ4n) is 1.23. The molecule has 0 spiro atoms. The molecule has 0 saturated heterocycles. The Hall–Kier alpha value is -1.59. The third-order valence-electron chi connectivity index (χ3n) is 1.87. The van der Waals surface area contributed by atoms with Gasteiger partial charge in [-0.25, -0.2) is 5.84 Å². The predicted molar refractivity (Wildman–Crippen MR) is 52.8 cm³/mol. The fraction of sp³-hybridized carbons (Fsp3) is 0. The predicted octanol–water partition coefficient (Wildman–Crippen LogP) is 0.820. The Morgan fingerprint density at radius 2 is 2.36 bits per heavy atom. The van der Waals surface area contributed by atoms with Crippen LogP contribution in [0.2, 0.25) is 5.02 Å². The van der Waals surface area contributed by atoms with Crippen LogP contribution >= 0.6 is 11.6 Å². The van der Waals surface area contributed by atoms with Crippen LogP contribution < -0.4 is 11.3 Å². The van der Waals surface area contributed by atoms with E-state index in [0.717, 1.165) is 0 Å². The molecule has 0 bridgehead atoms. The second-order valence-electron chi connectivity index (χ2n) is 2.74. The Labute approximate surface area is 84.2 Å². The molecule has 1 amide bonds. The van der Waals surface area contributed by atoms with Gasteiger partial charge in [0, 0.05) is 10.4 Å². The number of carbonyl (C=O) groups is 1. The van der Waals surface area contributed by atoms with Gasteiger partial charge in [0.1, 0.15) is 0 Å². The molecule has 2 aromatic rings. The average Bonchev–Trinajstić information content (AvgIpc) is 2.59. The number of H-pyrrole nitrogens is 1. The summed E-state index contributed by atoms with van der Waals surface area (Å²) >= 11 is 5.77. The molecule has 0 atom stereocenters. The summed E-state index contributed by atoms with van der Waals surface area (Å²) in [4.78, 5) is 11.2. The van der Waals surface area contributed by atoms with E-state index in [1.165, 1.54) is 0 Å². The molecule has 0 radical (unpaired) electrons. The van der Waals surface area contributed by atoms with E-state index in [0.29, 0.717) is 15.9 Å². The Morgan fingerprint density at radius 3 is 3.07 bits per heavy atom. The molecule has 72 valence electrons. The average molecular weight is 211 g/mol. The van der Waals surface area contributed by atoms with Crippen molar-refractivity contribution in [2.45, 2.75) is 0 Å². The maximum absolute atomic E-state index is 11.2. The van der Waals surface area contributed by atoms with Crippen molar-refractivity contribution in [1.82, 2.24) is 15.6 Å². The molecule has 1 aromatic heterocycles. The van der Waals surface area contributed by atoms with E-state index in [2.05, 4.69) is 10.2 Å². The van der Waals surface area contributed by atoms with E-state index >= 15 is 0 Å². The number of nitrogens with zero attached hydrogens (tertiary/aromatic N) is 1. The zero-order valence-corrected chi connectivity index (χ0v) is 7.80. The van der Waals surface area contributed by atoms with Crippen LogP contribution in [0.5, 0.6) is 0 Å². The summed E-state index contributed by atoms with van der Waals surface area (Å²) in [6.07, 6.45) is 0. The van der Waals surface area contributed by atoms with Crippen LogP contribution in [0.15, 0.2) is 18.2 Å². The number of hydrazine groups is 1. The second-order valence-corrected chi connectivity index (χ2v) is 3.17. The molecule has 0 aliphatic rings. The smallest absolute Gasteiger partial charge is 0.286 e.